The molecule has 2 atom stereocenters. The van der Waals surface area contributed by atoms with Crippen molar-refractivity contribution in [1.82, 2.24) is 4.90 Å². The van der Waals surface area contributed by atoms with E-state index in [1.54, 1.807) is 24.3 Å². The maximum atomic E-state index is 12.3. The van der Waals surface area contributed by atoms with Crippen molar-refractivity contribution in [3.05, 3.63) is 29.3 Å². The largest absolute Gasteiger partial charge is 0.455 e. The molecule has 0 radical (unpaired) electrons. The second-order valence-corrected chi connectivity index (χ2v) is 8.06. The molecular formula is C19H25ClN2O4S. The second-order valence-electron chi connectivity index (χ2n) is 6.64. The summed E-state index contributed by atoms with van der Waals surface area (Å²) < 4.78 is 5.07. The van der Waals surface area contributed by atoms with Crippen LogP contribution in [0, 0.1) is 0 Å². The first-order valence-electron chi connectivity index (χ1n) is 8.96. The van der Waals surface area contributed by atoms with Crippen LogP contribution in [0.3, 0.4) is 0 Å². The number of halogens is 1. The normalized spacial score (nSPS) is 19.4. The Bertz CT molecular complexity index is 658. The van der Waals surface area contributed by atoms with Crippen molar-refractivity contribution >= 4 is 46.8 Å². The fourth-order valence-electron chi connectivity index (χ4n) is 3.13. The minimum Gasteiger partial charge on any atom is -0.455 e. The summed E-state index contributed by atoms with van der Waals surface area (Å²) in [5.41, 5.74) is 0.642. The van der Waals surface area contributed by atoms with Crippen LogP contribution in [0.1, 0.15) is 33.1 Å². The van der Waals surface area contributed by atoms with Crippen LogP contribution in [0.15, 0.2) is 24.3 Å². The number of hydrogen-bond acceptors (Lipinski definition) is 5. The van der Waals surface area contributed by atoms with Crippen LogP contribution in [-0.2, 0) is 19.1 Å². The number of likely N-dealkylation sites (tertiary alicyclic amines) is 1. The van der Waals surface area contributed by atoms with E-state index in [0.717, 1.165) is 31.0 Å². The number of amides is 2. The highest BCUT2D eigenvalue weighted by atomic mass is 35.5. The number of piperidine rings is 1. The summed E-state index contributed by atoms with van der Waals surface area (Å²) in [6, 6.07) is 7.11. The Balaban J connectivity index is 1.64. The molecule has 1 aliphatic heterocycles. The molecule has 2 amide bonds. The lowest BCUT2D eigenvalue weighted by molar-refractivity contribution is -0.153. The SMILES string of the molecule is C[C@H]1CCC[C@H](C)N1C(=O)COC(=O)CSCC(=O)Nc1ccc(Cl)cc1. The lowest BCUT2D eigenvalue weighted by Gasteiger charge is -2.38. The van der Waals surface area contributed by atoms with Gasteiger partial charge in [0.15, 0.2) is 6.61 Å². The Kier molecular flexibility index (Phi) is 8.44. The molecule has 1 N–H and O–H groups in total. The minimum atomic E-state index is -0.495. The average molecular weight is 413 g/mol. The first-order chi connectivity index (χ1) is 12.9. The van der Waals surface area contributed by atoms with Crippen LogP contribution < -0.4 is 5.32 Å². The molecule has 0 saturated carbocycles. The Hall–Kier alpha value is -1.73. The molecule has 27 heavy (non-hydrogen) atoms. The van der Waals surface area contributed by atoms with Crippen LogP contribution in [0.5, 0.6) is 0 Å². The van der Waals surface area contributed by atoms with E-state index >= 15 is 0 Å². The van der Waals surface area contributed by atoms with E-state index in [-0.39, 0.29) is 42.0 Å². The third-order valence-corrected chi connectivity index (χ3v) is 5.58. The van der Waals surface area contributed by atoms with Crippen LogP contribution in [-0.4, -0.2) is 52.9 Å². The van der Waals surface area contributed by atoms with Crippen molar-refractivity contribution < 1.29 is 19.1 Å². The molecule has 1 aromatic rings. The molecule has 2 rings (SSSR count). The predicted octanol–water partition coefficient (Wildman–Crippen LogP) is 3.34. The molecule has 1 aromatic carbocycles. The highest BCUT2D eigenvalue weighted by Gasteiger charge is 2.29. The van der Waals surface area contributed by atoms with E-state index in [1.165, 1.54) is 0 Å². The van der Waals surface area contributed by atoms with Crippen LogP contribution >= 0.6 is 23.4 Å². The van der Waals surface area contributed by atoms with Gasteiger partial charge in [0.05, 0.1) is 11.5 Å². The van der Waals surface area contributed by atoms with Gasteiger partial charge in [0.1, 0.15) is 0 Å². The van der Waals surface area contributed by atoms with Crippen LogP contribution in [0.25, 0.3) is 0 Å². The van der Waals surface area contributed by atoms with E-state index < -0.39 is 5.97 Å². The van der Waals surface area contributed by atoms with E-state index in [2.05, 4.69) is 5.32 Å². The van der Waals surface area contributed by atoms with Gasteiger partial charge >= 0.3 is 5.97 Å². The summed E-state index contributed by atoms with van der Waals surface area (Å²) >= 11 is 6.93. The number of anilines is 1. The summed E-state index contributed by atoms with van der Waals surface area (Å²) in [5.74, 6) is -0.737. The molecule has 0 spiro atoms. The monoisotopic (exact) mass is 412 g/mol. The summed E-state index contributed by atoms with van der Waals surface area (Å²) in [7, 11) is 0. The highest BCUT2D eigenvalue weighted by Crippen LogP contribution is 2.22. The Morgan fingerprint density at radius 2 is 1.78 bits per heavy atom. The molecule has 8 heteroatoms. The quantitative estimate of drug-likeness (QED) is 0.695. The number of nitrogens with one attached hydrogen (secondary N) is 1. The number of rotatable bonds is 7. The molecule has 1 heterocycles. The number of thioether (sulfide) groups is 1. The van der Waals surface area contributed by atoms with Gasteiger partial charge in [-0.1, -0.05) is 11.6 Å². The summed E-state index contributed by atoms with van der Waals surface area (Å²) in [4.78, 5) is 37.8. The van der Waals surface area contributed by atoms with E-state index in [9.17, 15) is 14.4 Å². The first-order valence-corrected chi connectivity index (χ1v) is 10.5. The van der Waals surface area contributed by atoms with Crippen molar-refractivity contribution in [2.24, 2.45) is 0 Å². The van der Waals surface area contributed by atoms with Gasteiger partial charge in [-0.3, -0.25) is 14.4 Å². The van der Waals surface area contributed by atoms with Crippen molar-refractivity contribution in [2.45, 2.75) is 45.2 Å². The highest BCUT2D eigenvalue weighted by molar-refractivity contribution is 8.00. The van der Waals surface area contributed by atoms with Crippen LogP contribution in [0.2, 0.25) is 5.02 Å². The van der Waals surface area contributed by atoms with Gasteiger partial charge in [-0.25, -0.2) is 0 Å². The maximum absolute atomic E-state index is 12.3. The van der Waals surface area contributed by atoms with E-state index in [1.807, 2.05) is 18.7 Å². The van der Waals surface area contributed by atoms with E-state index in [0.29, 0.717) is 10.7 Å². The molecule has 0 aliphatic carbocycles. The topological polar surface area (TPSA) is 75.7 Å². The third-order valence-electron chi connectivity index (χ3n) is 4.42. The zero-order chi connectivity index (χ0) is 19.8. The number of esters is 1. The van der Waals surface area contributed by atoms with Gasteiger partial charge in [-0.05, 0) is 57.4 Å². The van der Waals surface area contributed by atoms with Gasteiger partial charge in [0.25, 0.3) is 5.91 Å². The molecule has 1 saturated heterocycles. The molecule has 148 valence electrons. The van der Waals surface area contributed by atoms with Gasteiger partial charge in [-0.15, -0.1) is 11.8 Å². The summed E-state index contributed by atoms with van der Waals surface area (Å²) in [6.45, 7) is 3.79. The van der Waals surface area contributed by atoms with Crippen LogP contribution in [0.4, 0.5) is 5.69 Å². The van der Waals surface area contributed by atoms with Gasteiger partial charge in [0, 0.05) is 22.8 Å². The Morgan fingerprint density at radius 1 is 1.15 bits per heavy atom. The Morgan fingerprint density at radius 3 is 2.41 bits per heavy atom. The predicted molar refractivity (Wildman–Crippen MR) is 108 cm³/mol. The standard InChI is InChI=1S/C19H25ClN2O4S/c1-13-4-3-5-14(2)22(13)18(24)10-26-19(25)12-27-11-17(23)21-16-8-6-15(20)7-9-16/h6-9,13-14H,3-5,10-12H2,1-2H3,(H,21,23)/t13-,14-/m0/s1. The number of carbonyl (C=O) groups is 3. The third kappa shape index (κ3) is 7.07. The molecular weight excluding hydrogens is 388 g/mol. The molecule has 0 aromatic heterocycles. The fourth-order valence-corrected chi connectivity index (χ4v) is 3.86. The molecule has 6 nitrogen and oxygen atoms in total. The number of hydrogen-bond donors (Lipinski definition) is 1. The lowest BCUT2D eigenvalue weighted by atomic mass is 9.97. The van der Waals surface area contributed by atoms with Crippen molar-refractivity contribution in [1.29, 1.82) is 0 Å². The second kappa shape index (κ2) is 10.6. The molecule has 0 unspecified atom stereocenters. The molecule has 0 bridgehead atoms. The lowest BCUT2D eigenvalue weighted by Crippen LogP contribution is -2.49. The first kappa shape index (κ1) is 21.6. The van der Waals surface area contributed by atoms with E-state index in [4.69, 9.17) is 16.3 Å². The number of ether oxygens (including phenoxy) is 1. The number of benzene rings is 1. The minimum absolute atomic E-state index is 0.0203. The summed E-state index contributed by atoms with van der Waals surface area (Å²) in [5, 5.41) is 3.31. The number of nitrogens with zero attached hydrogens (tertiary/aromatic N) is 1. The van der Waals surface area contributed by atoms with Crippen molar-refractivity contribution in [3.8, 4) is 0 Å². The van der Waals surface area contributed by atoms with Crippen molar-refractivity contribution in [3.63, 3.8) is 0 Å². The average Bonchev–Trinajstić information content (AvgIpc) is 2.62. The Labute approximate surface area is 169 Å². The molecule has 1 fully saturated rings. The maximum Gasteiger partial charge on any atom is 0.316 e. The molecule has 1 aliphatic rings. The summed E-state index contributed by atoms with van der Waals surface area (Å²) in [6.07, 6.45) is 3.06. The number of carbonyl (C=O) groups excluding carboxylic acids is 3. The van der Waals surface area contributed by atoms with Gasteiger partial charge < -0.3 is 15.0 Å². The fraction of sp³-hybridized carbons (Fsp3) is 0.526. The van der Waals surface area contributed by atoms with Gasteiger partial charge in [0.2, 0.25) is 5.91 Å². The zero-order valence-corrected chi connectivity index (χ0v) is 17.1. The smallest absolute Gasteiger partial charge is 0.316 e. The van der Waals surface area contributed by atoms with Crippen molar-refractivity contribution in [2.75, 3.05) is 23.4 Å². The van der Waals surface area contributed by atoms with Gasteiger partial charge in [-0.2, -0.15) is 0 Å². The zero-order valence-electron chi connectivity index (χ0n) is 15.6.